The molecule has 0 N–H and O–H groups in total. The summed E-state index contributed by atoms with van der Waals surface area (Å²) in [7, 11) is 0. The molecule has 0 spiro atoms. The molecule has 0 amide bonds. The van der Waals surface area contributed by atoms with Crippen LogP contribution in [0.4, 0.5) is 11.4 Å². The van der Waals surface area contributed by atoms with E-state index in [0.29, 0.717) is 12.2 Å². The first-order valence-corrected chi connectivity index (χ1v) is 8.24. The summed E-state index contributed by atoms with van der Waals surface area (Å²) in [5, 5.41) is 9.19. The molecule has 5 heteroatoms. The van der Waals surface area contributed by atoms with E-state index in [-0.39, 0.29) is 5.97 Å². The van der Waals surface area contributed by atoms with E-state index in [1.165, 1.54) is 0 Å². The number of esters is 1. The van der Waals surface area contributed by atoms with Gasteiger partial charge in [0.25, 0.3) is 0 Å². The second-order valence-corrected chi connectivity index (χ2v) is 6.25. The number of carbonyl (C=O) groups is 1. The molecule has 1 atom stereocenters. The summed E-state index contributed by atoms with van der Waals surface area (Å²) in [5.41, 5.74) is 2.40. The molecule has 0 saturated carbocycles. The maximum absolute atomic E-state index is 12.3. The minimum atomic E-state index is -0.468. The number of hydrogen-bond acceptors (Lipinski definition) is 5. The van der Waals surface area contributed by atoms with Gasteiger partial charge in [-0.15, -0.1) is 0 Å². The van der Waals surface area contributed by atoms with E-state index in [0.717, 1.165) is 21.2 Å². The maximum atomic E-state index is 12.3. The van der Waals surface area contributed by atoms with Gasteiger partial charge in [-0.3, -0.25) is 0 Å². The predicted octanol–water partition coefficient (Wildman–Crippen LogP) is 4.11. The molecule has 1 aliphatic rings. The van der Waals surface area contributed by atoms with Crippen LogP contribution in [0.15, 0.2) is 52.3 Å². The highest BCUT2D eigenvalue weighted by atomic mass is 32.2. The monoisotopic (exact) mass is 324 g/mol. The van der Waals surface area contributed by atoms with Gasteiger partial charge in [0.1, 0.15) is 6.04 Å². The number of para-hydroxylation sites is 1. The minimum absolute atomic E-state index is 0.275. The molecule has 4 nitrogen and oxygen atoms in total. The smallest absolute Gasteiger partial charge is 0.328 e. The zero-order valence-corrected chi connectivity index (χ0v) is 13.8. The van der Waals surface area contributed by atoms with Crippen molar-refractivity contribution < 1.29 is 9.53 Å². The number of nitrogens with zero attached hydrogens (tertiary/aromatic N) is 2. The molecule has 1 heterocycles. The lowest BCUT2D eigenvalue weighted by Gasteiger charge is -2.36. The van der Waals surface area contributed by atoms with Gasteiger partial charge in [-0.1, -0.05) is 23.9 Å². The van der Waals surface area contributed by atoms with Gasteiger partial charge in [0.2, 0.25) is 0 Å². The van der Waals surface area contributed by atoms with Gasteiger partial charge < -0.3 is 9.64 Å². The van der Waals surface area contributed by atoms with E-state index >= 15 is 0 Å². The highest BCUT2D eigenvalue weighted by molar-refractivity contribution is 7.99. The van der Waals surface area contributed by atoms with Gasteiger partial charge >= 0.3 is 5.97 Å². The van der Waals surface area contributed by atoms with Crippen molar-refractivity contribution in [1.29, 1.82) is 5.26 Å². The summed E-state index contributed by atoms with van der Waals surface area (Å²) in [4.78, 5) is 16.3. The molecule has 2 aromatic carbocycles. The zero-order valence-electron chi connectivity index (χ0n) is 12.9. The Morgan fingerprint density at radius 1 is 1.26 bits per heavy atom. The quantitative estimate of drug-likeness (QED) is 0.795. The van der Waals surface area contributed by atoms with Gasteiger partial charge in [-0.25, -0.2) is 4.79 Å². The zero-order chi connectivity index (χ0) is 16.4. The highest BCUT2D eigenvalue weighted by Gasteiger charge is 2.31. The second-order valence-electron chi connectivity index (χ2n) is 5.16. The molecule has 0 bridgehead atoms. The average molecular weight is 324 g/mol. The summed E-state index contributed by atoms with van der Waals surface area (Å²) in [6.45, 7) is 3.97. The molecule has 0 fully saturated rings. The third kappa shape index (κ3) is 2.78. The fraction of sp³-hybridized carbons (Fsp3) is 0.222. The van der Waals surface area contributed by atoms with Crippen molar-refractivity contribution in [3.05, 3.63) is 48.0 Å². The number of benzene rings is 2. The van der Waals surface area contributed by atoms with E-state index in [4.69, 9.17) is 4.74 Å². The van der Waals surface area contributed by atoms with Crippen LogP contribution in [0.3, 0.4) is 0 Å². The number of anilines is 2. The summed E-state index contributed by atoms with van der Waals surface area (Å²) < 4.78 is 5.19. The van der Waals surface area contributed by atoms with E-state index in [1.807, 2.05) is 48.2 Å². The molecule has 2 aromatic rings. The Balaban J connectivity index is 2.13. The molecule has 0 radical (unpaired) electrons. The number of ether oxygens (including phenoxy) is 1. The molecule has 116 valence electrons. The molecule has 1 aliphatic heterocycles. The van der Waals surface area contributed by atoms with Crippen molar-refractivity contribution in [3.8, 4) is 6.07 Å². The fourth-order valence-electron chi connectivity index (χ4n) is 2.64. The van der Waals surface area contributed by atoms with Crippen LogP contribution in [0.25, 0.3) is 0 Å². The first kappa shape index (κ1) is 15.4. The molecule has 1 unspecified atom stereocenters. The van der Waals surface area contributed by atoms with Gasteiger partial charge in [-0.05, 0) is 44.2 Å². The summed E-state index contributed by atoms with van der Waals surface area (Å²) in [6, 6.07) is 15.2. The van der Waals surface area contributed by atoms with E-state index in [9.17, 15) is 10.1 Å². The van der Waals surface area contributed by atoms with Crippen LogP contribution < -0.4 is 4.90 Å². The lowest BCUT2D eigenvalue weighted by Crippen LogP contribution is -2.38. The second kappa shape index (κ2) is 6.35. The number of nitriles is 1. The van der Waals surface area contributed by atoms with E-state index < -0.39 is 6.04 Å². The molecular formula is C18H16N2O2S. The van der Waals surface area contributed by atoms with Gasteiger partial charge in [0, 0.05) is 9.79 Å². The van der Waals surface area contributed by atoms with Crippen molar-refractivity contribution in [3.63, 3.8) is 0 Å². The van der Waals surface area contributed by atoms with Gasteiger partial charge in [-0.2, -0.15) is 5.26 Å². The minimum Gasteiger partial charge on any atom is -0.464 e. The van der Waals surface area contributed by atoms with Crippen molar-refractivity contribution in [1.82, 2.24) is 0 Å². The normalized spacial score (nSPS) is 13.5. The van der Waals surface area contributed by atoms with Gasteiger partial charge in [0.15, 0.2) is 0 Å². The molecule has 23 heavy (non-hydrogen) atoms. The third-order valence-electron chi connectivity index (χ3n) is 3.71. The number of rotatable bonds is 3. The molecule has 3 rings (SSSR count). The third-order valence-corrected chi connectivity index (χ3v) is 4.84. The summed E-state index contributed by atoms with van der Waals surface area (Å²) >= 11 is 1.64. The Kier molecular flexibility index (Phi) is 4.26. The van der Waals surface area contributed by atoms with Crippen molar-refractivity contribution in [2.75, 3.05) is 11.5 Å². The Hall–Kier alpha value is -2.45. The van der Waals surface area contributed by atoms with Crippen molar-refractivity contribution in [2.45, 2.75) is 29.7 Å². The molecule has 0 saturated heterocycles. The van der Waals surface area contributed by atoms with Crippen LogP contribution in [-0.2, 0) is 9.53 Å². The van der Waals surface area contributed by atoms with E-state index in [2.05, 4.69) is 6.07 Å². The molecule has 0 aromatic heterocycles. The Labute approximate surface area is 139 Å². The first-order chi connectivity index (χ1) is 11.2. The van der Waals surface area contributed by atoms with Crippen molar-refractivity contribution in [2.24, 2.45) is 0 Å². The molecular weight excluding hydrogens is 308 g/mol. The predicted molar refractivity (Wildman–Crippen MR) is 90.0 cm³/mol. The number of hydrogen-bond donors (Lipinski definition) is 0. The summed E-state index contributed by atoms with van der Waals surface area (Å²) in [6.07, 6.45) is 0. The van der Waals surface area contributed by atoms with E-state index in [1.54, 1.807) is 24.8 Å². The summed E-state index contributed by atoms with van der Waals surface area (Å²) in [5.74, 6) is -0.275. The first-order valence-electron chi connectivity index (χ1n) is 7.42. The average Bonchev–Trinajstić information content (AvgIpc) is 2.58. The van der Waals surface area contributed by atoms with Crippen LogP contribution >= 0.6 is 11.8 Å². The van der Waals surface area contributed by atoms with Crippen LogP contribution in [0, 0.1) is 11.3 Å². The Morgan fingerprint density at radius 2 is 2.00 bits per heavy atom. The lowest BCUT2D eigenvalue weighted by molar-refractivity contribution is -0.144. The standard InChI is InChI=1S/C18H16N2O2S/c1-3-22-18(21)12(2)20-14-6-4-5-7-16(14)23-17-9-8-13(11-19)10-15(17)20/h4-10,12H,3H2,1-2H3. The highest BCUT2D eigenvalue weighted by Crippen LogP contribution is 2.49. The fourth-order valence-corrected chi connectivity index (χ4v) is 3.69. The SMILES string of the molecule is CCOC(=O)C(C)N1c2ccccc2Sc2ccc(C#N)cc21. The number of fused-ring (bicyclic) bond motifs is 2. The topological polar surface area (TPSA) is 53.3 Å². The van der Waals surface area contributed by atoms with Crippen LogP contribution in [0.2, 0.25) is 0 Å². The largest absolute Gasteiger partial charge is 0.464 e. The Bertz CT molecular complexity index is 798. The van der Waals surface area contributed by atoms with Crippen LogP contribution in [0.5, 0.6) is 0 Å². The van der Waals surface area contributed by atoms with Crippen LogP contribution in [-0.4, -0.2) is 18.6 Å². The molecule has 0 aliphatic carbocycles. The maximum Gasteiger partial charge on any atom is 0.328 e. The Morgan fingerprint density at radius 3 is 2.74 bits per heavy atom. The van der Waals surface area contributed by atoms with Crippen molar-refractivity contribution >= 4 is 29.1 Å². The van der Waals surface area contributed by atoms with Gasteiger partial charge in [0.05, 0.1) is 29.6 Å². The number of carbonyl (C=O) groups excluding carboxylic acids is 1. The lowest BCUT2D eigenvalue weighted by atomic mass is 10.1. The van der Waals surface area contributed by atoms with Crippen LogP contribution in [0.1, 0.15) is 19.4 Å².